The van der Waals surface area contributed by atoms with Crippen molar-refractivity contribution in [3.8, 4) is 5.75 Å². The number of benzene rings is 3. The van der Waals surface area contributed by atoms with Crippen molar-refractivity contribution in [2.45, 2.75) is 146 Å². The number of carbonyl (C=O) groups excluding carboxylic acids is 10. The lowest BCUT2D eigenvalue weighted by Crippen LogP contribution is -2.61. The van der Waals surface area contributed by atoms with E-state index in [2.05, 4.69) is 41.9 Å². The molecule has 5 rings (SSSR count). The van der Waals surface area contributed by atoms with Gasteiger partial charge in [-0.3, -0.25) is 57.9 Å². The van der Waals surface area contributed by atoms with E-state index in [1.54, 1.807) is 66.7 Å². The first-order valence-corrected chi connectivity index (χ1v) is 27.9. The molecular weight excluding hydrogens is 1080 g/mol. The standard InChI is InChI=1S/C57H80N16O11/c1-32(2)25-42(69-52(81)44(27-35-15-8-5-9-16-35)71-54(83)46-29-36-20-21-38(75)28-37(36)31-73(46)33(3)74)50(79)70-43(26-34-13-6-4-7-14-34)51(80)67-40(18-11-23-65-57(62)63)55(84)72-24-12-19-45(72)53(82)66-39(17-10-22-64-56(60)61)49(78)68-41(48(59)77)30-47(58)76/h4-9,13-16,20-21,28,32,39-46,75H,10-12,17-19,22-27,29-31H2,1-3H3,(H2,58,76)(H2,59,77)(H,66,82)(H,67,80)(H,68,78)(H,69,81)(H,70,79)(H,71,83)(H4,60,61,64)(H4,62,63,65)/t39-,40-,41-,42-,43-,44-,45-,46-/m0/s1. The van der Waals surface area contributed by atoms with E-state index in [0.29, 0.717) is 23.1 Å². The summed E-state index contributed by atoms with van der Waals surface area (Å²) in [4.78, 5) is 149. The topological polar surface area (TPSA) is 450 Å². The molecule has 27 heteroatoms. The Hall–Kier alpha value is -9.30. The quantitative estimate of drug-likeness (QED) is 0.0188. The fourth-order valence-electron chi connectivity index (χ4n) is 10.0. The van der Waals surface area contributed by atoms with Crippen LogP contribution in [0.5, 0.6) is 5.75 Å². The molecule has 2 aliphatic rings. The molecule has 0 aromatic heterocycles. The number of aliphatic imine (C=N–C) groups is 2. The van der Waals surface area contributed by atoms with Crippen molar-refractivity contribution < 1.29 is 53.1 Å². The molecular formula is C57H80N16O11. The van der Waals surface area contributed by atoms with Gasteiger partial charge in [-0.25, -0.2) is 0 Å². The summed E-state index contributed by atoms with van der Waals surface area (Å²) >= 11 is 0. The number of hydrogen-bond donors (Lipinski definition) is 13. The molecule has 0 radical (unpaired) electrons. The average molecular weight is 1170 g/mol. The smallest absolute Gasteiger partial charge is 0.245 e. The molecule has 19 N–H and O–H groups in total. The van der Waals surface area contributed by atoms with Crippen LogP contribution in [0.3, 0.4) is 0 Å². The van der Waals surface area contributed by atoms with Gasteiger partial charge in [0, 0.05) is 52.4 Å². The van der Waals surface area contributed by atoms with E-state index < -0.39 is 114 Å². The van der Waals surface area contributed by atoms with Crippen molar-refractivity contribution in [2.24, 2.45) is 50.3 Å². The second kappa shape index (κ2) is 31.8. The van der Waals surface area contributed by atoms with Crippen LogP contribution >= 0.6 is 0 Å². The Morgan fingerprint density at radius 1 is 0.583 bits per heavy atom. The fraction of sp³-hybridized carbons (Fsp3) is 0.474. The lowest BCUT2D eigenvalue weighted by atomic mass is 9.92. The minimum Gasteiger partial charge on any atom is -0.508 e. The second-order valence-electron chi connectivity index (χ2n) is 21.4. The third kappa shape index (κ3) is 20.3. The third-order valence-electron chi connectivity index (χ3n) is 14.2. The summed E-state index contributed by atoms with van der Waals surface area (Å²) in [5.41, 5.74) is 35.6. The van der Waals surface area contributed by atoms with E-state index in [9.17, 15) is 53.1 Å². The number of nitrogens with two attached hydrogens (primary N) is 6. The maximum atomic E-state index is 14.8. The van der Waals surface area contributed by atoms with Crippen LogP contribution in [0, 0.1) is 5.92 Å². The van der Waals surface area contributed by atoms with Crippen molar-refractivity contribution in [2.75, 3.05) is 19.6 Å². The number of hydrogen-bond acceptors (Lipinski definition) is 13. The summed E-state index contributed by atoms with van der Waals surface area (Å²) in [6, 6.07) is 12.1. The van der Waals surface area contributed by atoms with Crippen molar-refractivity contribution in [3.63, 3.8) is 0 Å². The number of rotatable bonds is 30. The molecule has 3 aromatic rings. The molecule has 2 heterocycles. The molecule has 84 heavy (non-hydrogen) atoms. The van der Waals surface area contributed by atoms with Crippen LogP contribution in [-0.4, -0.2) is 154 Å². The van der Waals surface area contributed by atoms with Crippen LogP contribution in [0.25, 0.3) is 0 Å². The Morgan fingerprint density at radius 3 is 1.61 bits per heavy atom. The average Bonchev–Trinajstić information content (AvgIpc) is 2.92. The van der Waals surface area contributed by atoms with Gasteiger partial charge in [0.05, 0.1) is 6.42 Å². The van der Waals surface area contributed by atoms with Crippen LogP contribution in [0.2, 0.25) is 0 Å². The first kappa shape index (κ1) is 65.5. The maximum Gasteiger partial charge on any atom is 0.245 e. The van der Waals surface area contributed by atoms with Crippen LogP contribution in [0.4, 0.5) is 0 Å². The molecule has 0 bridgehead atoms. The zero-order valence-corrected chi connectivity index (χ0v) is 47.6. The zero-order chi connectivity index (χ0) is 61.6. The molecule has 8 atom stereocenters. The number of guanidine groups is 2. The van der Waals surface area contributed by atoms with E-state index in [1.807, 2.05) is 13.8 Å². The molecule has 0 spiro atoms. The monoisotopic (exact) mass is 1160 g/mol. The number of likely N-dealkylation sites (tertiary alicyclic amines) is 1. The molecule has 0 aliphatic carbocycles. The molecule has 0 unspecified atom stereocenters. The van der Waals surface area contributed by atoms with E-state index in [4.69, 9.17) is 34.4 Å². The van der Waals surface area contributed by atoms with Gasteiger partial charge in [0.25, 0.3) is 0 Å². The summed E-state index contributed by atoms with van der Waals surface area (Å²) in [6.07, 6.45) is 0.167. The minimum absolute atomic E-state index is 0.00471. The summed E-state index contributed by atoms with van der Waals surface area (Å²) < 4.78 is 0. The van der Waals surface area contributed by atoms with Crippen LogP contribution in [-0.2, 0) is 73.8 Å². The first-order valence-electron chi connectivity index (χ1n) is 27.9. The Bertz CT molecular complexity index is 2880. The van der Waals surface area contributed by atoms with Crippen LogP contribution < -0.4 is 66.3 Å². The van der Waals surface area contributed by atoms with Crippen molar-refractivity contribution in [3.05, 3.63) is 101 Å². The molecule has 0 saturated carbocycles. The zero-order valence-electron chi connectivity index (χ0n) is 47.6. The molecule has 1 saturated heterocycles. The van der Waals surface area contributed by atoms with Gasteiger partial charge in [-0.15, -0.1) is 0 Å². The van der Waals surface area contributed by atoms with Gasteiger partial charge < -0.3 is 81.2 Å². The number of phenols is 1. The van der Waals surface area contributed by atoms with E-state index in [-0.39, 0.29) is 108 Å². The van der Waals surface area contributed by atoms with Gasteiger partial charge in [0.1, 0.15) is 54.1 Å². The second-order valence-corrected chi connectivity index (χ2v) is 21.4. The summed E-state index contributed by atoms with van der Waals surface area (Å²) in [5.74, 6) is -8.21. The first-order chi connectivity index (χ1) is 39.9. The van der Waals surface area contributed by atoms with E-state index in [1.165, 1.54) is 28.9 Å². The Labute approximate surface area is 487 Å². The van der Waals surface area contributed by atoms with Gasteiger partial charge in [0.2, 0.25) is 59.1 Å². The highest BCUT2D eigenvalue weighted by Crippen LogP contribution is 2.27. The minimum atomic E-state index is -1.50. The fourth-order valence-corrected chi connectivity index (χ4v) is 10.0. The highest BCUT2D eigenvalue weighted by Gasteiger charge is 2.41. The number of nitrogens with one attached hydrogen (secondary N) is 6. The predicted molar refractivity (Wildman–Crippen MR) is 311 cm³/mol. The van der Waals surface area contributed by atoms with Crippen LogP contribution in [0.15, 0.2) is 88.8 Å². The van der Waals surface area contributed by atoms with E-state index >= 15 is 0 Å². The molecule has 454 valence electrons. The number of nitrogens with zero attached hydrogens (tertiary/aromatic N) is 4. The summed E-state index contributed by atoms with van der Waals surface area (Å²) in [5, 5.41) is 26.5. The summed E-state index contributed by atoms with van der Waals surface area (Å²) in [7, 11) is 0. The van der Waals surface area contributed by atoms with Gasteiger partial charge in [-0.2, -0.15) is 0 Å². The molecule has 10 amide bonds. The number of phenolic OH excluding ortho intramolecular Hbond substituents is 1. The van der Waals surface area contributed by atoms with Crippen LogP contribution in [0.1, 0.15) is 94.4 Å². The predicted octanol–water partition coefficient (Wildman–Crippen LogP) is -2.44. The summed E-state index contributed by atoms with van der Waals surface area (Å²) in [6.45, 7) is 5.20. The Morgan fingerprint density at radius 2 is 1.07 bits per heavy atom. The number of fused-ring (bicyclic) bond motifs is 1. The SMILES string of the molecule is CC(=O)N1Cc2cc(O)ccc2C[C@H]1C(=O)N[C@@H](Cc1ccccc1)C(=O)N[C@@H](CC(C)C)C(=O)N[C@@H](Cc1ccccc1)C(=O)N[C@@H](CCCN=C(N)N)C(=O)N1CCC[C@H]1C(=O)N[C@@H](CCCN=C(N)N)C(=O)N[C@@H](CC(N)=O)C(N)=O. The van der Waals surface area contributed by atoms with Crippen molar-refractivity contribution in [1.82, 2.24) is 41.7 Å². The maximum absolute atomic E-state index is 14.8. The molecule has 3 aromatic carbocycles. The largest absolute Gasteiger partial charge is 0.508 e. The number of carbonyl (C=O) groups is 10. The van der Waals surface area contributed by atoms with Gasteiger partial charge in [-0.05, 0) is 85.3 Å². The normalized spacial score (nSPS) is 16.6. The molecule has 27 nitrogen and oxygen atoms in total. The number of aromatic hydroxyl groups is 1. The van der Waals surface area contributed by atoms with Gasteiger partial charge in [-0.1, -0.05) is 80.6 Å². The Balaban J connectivity index is 1.41. The number of primary amides is 2. The lowest BCUT2D eigenvalue weighted by Gasteiger charge is -2.36. The number of amides is 10. The lowest BCUT2D eigenvalue weighted by molar-refractivity contribution is -0.143. The highest BCUT2D eigenvalue weighted by molar-refractivity contribution is 5.99. The molecule has 2 aliphatic heterocycles. The van der Waals surface area contributed by atoms with E-state index in [0.717, 1.165) is 5.56 Å². The highest BCUT2D eigenvalue weighted by atomic mass is 16.3. The van der Waals surface area contributed by atoms with Gasteiger partial charge in [0.15, 0.2) is 11.9 Å². The third-order valence-corrected chi connectivity index (χ3v) is 14.2. The van der Waals surface area contributed by atoms with Crippen molar-refractivity contribution >= 4 is 71.0 Å². The van der Waals surface area contributed by atoms with Gasteiger partial charge >= 0.3 is 0 Å². The Kier molecular flexibility index (Phi) is 24.8. The van der Waals surface area contributed by atoms with Crippen molar-refractivity contribution in [1.29, 1.82) is 0 Å². The molecule has 1 fully saturated rings.